The van der Waals surface area contributed by atoms with Crippen LogP contribution in [0.25, 0.3) is 0 Å². The maximum absolute atomic E-state index is 12.4. The van der Waals surface area contributed by atoms with Crippen LogP contribution in [0.1, 0.15) is 54.7 Å². The zero-order valence-electron chi connectivity index (χ0n) is 16.3. The number of carbonyl (C=O) groups is 2. The summed E-state index contributed by atoms with van der Waals surface area (Å²) in [5.74, 6) is 0.421. The van der Waals surface area contributed by atoms with Crippen LogP contribution in [0.3, 0.4) is 0 Å². The number of rotatable bonds is 8. The van der Waals surface area contributed by atoms with Gasteiger partial charge in [0, 0.05) is 0 Å². The van der Waals surface area contributed by atoms with E-state index >= 15 is 0 Å². The fraction of sp³-hybridized carbons (Fsp3) is 0.476. The molecule has 0 unspecified atom stereocenters. The summed E-state index contributed by atoms with van der Waals surface area (Å²) in [6.07, 6.45) is 3.53. The Labute approximate surface area is 164 Å². The molecule has 0 radical (unpaired) electrons. The number of nitrogens with one attached hydrogen (secondary N) is 1. The molecule has 0 bridgehead atoms. The normalized spacial score (nSPS) is 15.4. The first kappa shape index (κ1) is 19.9. The maximum Gasteiger partial charge on any atom is 0.305 e. The van der Waals surface area contributed by atoms with Gasteiger partial charge in [0.1, 0.15) is 18.1 Å². The topological polar surface area (TPSA) is 102 Å². The van der Waals surface area contributed by atoms with E-state index in [1.165, 1.54) is 0 Å². The average Bonchev–Trinajstić information content (AvgIpc) is 3.20. The van der Waals surface area contributed by atoms with Crippen molar-refractivity contribution in [1.82, 2.24) is 10.5 Å². The molecule has 1 aliphatic carbocycles. The van der Waals surface area contributed by atoms with Gasteiger partial charge in [-0.05, 0) is 44.4 Å². The molecule has 1 saturated carbocycles. The number of carboxylic acids is 1. The minimum Gasteiger partial charge on any atom is -0.489 e. The lowest BCUT2D eigenvalue weighted by Crippen LogP contribution is -2.48. The fourth-order valence-corrected chi connectivity index (χ4v) is 3.78. The number of hydrogen-bond donors (Lipinski definition) is 2. The smallest absolute Gasteiger partial charge is 0.305 e. The lowest BCUT2D eigenvalue weighted by Gasteiger charge is -2.28. The van der Waals surface area contributed by atoms with Crippen LogP contribution in [0.2, 0.25) is 0 Å². The van der Waals surface area contributed by atoms with Crippen LogP contribution < -0.4 is 10.1 Å². The van der Waals surface area contributed by atoms with Gasteiger partial charge in [0.15, 0.2) is 0 Å². The lowest BCUT2D eigenvalue weighted by atomic mass is 9.92. The summed E-state index contributed by atoms with van der Waals surface area (Å²) in [4.78, 5) is 23.6. The van der Waals surface area contributed by atoms with Gasteiger partial charge in [-0.15, -0.1) is 0 Å². The Morgan fingerprint density at radius 1 is 1.21 bits per heavy atom. The molecule has 2 aromatic rings. The Hall–Kier alpha value is -2.83. The number of hydrogen-bond acceptors (Lipinski definition) is 5. The Morgan fingerprint density at radius 2 is 1.89 bits per heavy atom. The highest BCUT2D eigenvalue weighted by atomic mass is 16.5. The first-order valence-corrected chi connectivity index (χ1v) is 9.53. The van der Waals surface area contributed by atoms with Gasteiger partial charge in [0.05, 0.1) is 29.6 Å². The molecule has 0 aliphatic heterocycles. The summed E-state index contributed by atoms with van der Waals surface area (Å²) in [5.41, 5.74) is 2.00. The standard InChI is InChI=1S/C21H26N2O5/c1-14-18(15(2)28-23-14)13-27-17-7-5-16(6-8-17)11-19(24)22-21(12-20(25)26)9-3-4-10-21/h5-8H,3-4,9-13H2,1-2H3,(H,22,24)(H,25,26). The van der Waals surface area contributed by atoms with E-state index in [4.69, 9.17) is 14.4 Å². The number of carbonyl (C=O) groups excluding carboxylic acids is 1. The average molecular weight is 386 g/mol. The SMILES string of the molecule is Cc1noc(C)c1COc1ccc(CC(=O)NC2(CC(=O)O)CCCC2)cc1. The third kappa shape index (κ3) is 4.91. The summed E-state index contributed by atoms with van der Waals surface area (Å²) in [6.45, 7) is 4.10. The summed E-state index contributed by atoms with van der Waals surface area (Å²) < 4.78 is 10.9. The van der Waals surface area contributed by atoms with Crippen LogP contribution in [0, 0.1) is 13.8 Å². The van der Waals surface area contributed by atoms with Crippen molar-refractivity contribution >= 4 is 11.9 Å². The van der Waals surface area contributed by atoms with E-state index in [0.717, 1.165) is 48.3 Å². The maximum atomic E-state index is 12.4. The Balaban J connectivity index is 1.55. The van der Waals surface area contributed by atoms with Gasteiger partial charge in [0.2, 0.25) is 5.91 Å². The molecule has 1 aliphatic rings. The summed E-state index contributed by atoms with van der Waals surface area (Å²) in [6, 6.07) is 7.34. The van der Waals surface area contributed by atoms with Crippen molar-refractivity contribution in [3.05, 3.63) is 46.8 Å². The minimum atomic E-state index is -0.873. The van der Waals surface area contributed by atoms with Crippen molar-refractivity contribution in [2.75, 3.05) is 0 Å². The number of aromatic nitrogens is 1. The van der Waals surface area contributed by atoms with Crippen LogP contribution >= 0.6 is 0 Å². The summed E-state index contributed by atoms with van der Waals surface area (Å²) in [7, 11) is 0. The van der Waals surface area contributed by atoms with Crippen LogP contribution in [-0.2, 0) is 22.6 Å². The largest absolute Gasteiger partial charge is 0.489 e. The first-order chi connectivity index (χ1) is 13.4. The van der Waals surface area contributed by atoms with Gasteiger partial charge in [0.25, 0.3) is 0 Å². The molecule has 0 atom stereocenters. The van der Waals surface area contributed by atoms with Crippen molar-refractivity contribution in [3.63, 3.8) is 0 Å². The van der Waals surface area contributed by atoms with Gasteiger partial charge in [-0.2, -0.15) is 0 Å². The highest BCUT2D eigenvalue weighted by molar-refractivity contribution is 5.80. The first-order valence-electron chi connectivity index (χ1n) is 9.53. The molecule has 1 fully saturated rings. The van der Waals surface area contributed by atoms with Crippen molar-refractivity contribution in [2.24, 2.45) is 0 Å². The molecular formula is C21H26N2O5. The number of carboxylic acid groups (broad SMARTS) is 1. The zero-order chi connectivity index (χ0) is 20.1. The van der Waals surface area contributed by atoms with Gasteiger partial charge >= 0.3 is 5.97 Å². The second-order valence-corrected chi connectivity index (χ2v) is 7.52. The third-order valence-electron chi connectivity index (χ3n) is 5.31. The monoisotopic (exact) mass is 386 g/mol. The lowest BCUT2D eigenvalue weighted by molar-refractivity contribution is -0.139. The van der Waals surface area contributed by atoms with E-state index in [1.54, 1.807) is 0 Å². The van der Waals surface area contributed by atoms with Gasteiger partial charge in [-0.25, -0.2) is 0 Å². The molecule has 1 aromatic carbocycles. The highest BCUT2D eigenvalue weighted by Gasteiger charge is 2.37. The second-order valence-electron chi connectivity index (χ2n) is 7.52. The van der Waals surface area contributed by atoms with E-state index in [9.17, 15) is 9.59 Å². The van der Waals surface area contributed by atoms with E-state index < -0.39 is 11.5 Å². The predicted octanol–water partition coefficient (Wildman–Crippen LogP) is 3.32. The number of aryl methyl sites for hydroxylation is 2. The van der Waals surface area contributed by atoms with Crippen LogP contribution in [0.15, 0.2) is 28.8 Å². The van der Waals surface area contributed by atoms with Gasteiger partial charge in [-0.1, -0.05) is 30.1 Å². The molecule has 1 heterocycles. The third-order valence-corrected chi connectivity index (χ3v) is 5.31. The van der Waals surface area contributed by atoms with E-state index in [2.05, 4.69) is 10.5 Å². The quantitative estimate of drug-likeness (QED) is 0.722. The molecule has 28 heavy (non-hydrogen) atoms. The van der Waals surface area contributed by atoms with Crippen LogP contribution in [0.5, 0.6) is 5.75 Å². The van der Waals surface area contributed by atoms with Crippen LogP contribution in [-0.4, -0.2) is 27.7 Å². The molecule has 0 spiro atoms. The van der Waals surface area contributed by atoms with E-state index in [-0.39, 0.29) is 18.7 Å². The second kappa shape index (κ2) is 8.46. The molecule has 7 nitrogen and oxygen atoms in total. The van der Waals surface area contributed by atoms with E-state index in [1.807, 2.05) is 38.1 Å². The van der Waals surface area contributed by atoms with Crippen molar-refractivity contribution < 1.29 is 24.0 Å². The zero-order valence-corrected chi connectivity index (χ0v) is 16.3. The molecule has 7 heteroatoms. The molecular weight excluding hydrogens is 360 g/mol. The molecule has 1 aromatic heterocycles. The summed E-state index contributed by atoms with van der Waals surface area (Å²) in [5, 5.41) is 16.0. The van der Waals surface area contributed by atoms with Crippen LogP contribution in [0.4, 0.5) is 0 Å². The Morgan fingerprint density at radius 3 is 2.46 bits per heavy atom. The number of nitrogens with zero attached hydrogens (tertiary/aromatic N) is 1. The predicted molar refractivity (Wildman–Crippen MR) is 102 cm³/mol. The molecule has 1 amide bonds. The van der Waals surface area contributed by atoms with Gasteiger partial charge < -0.3 is 19.7 Å². The van der Waals surface area contributed by atoms with E-state index in [0.29, 0.717) is 12.4 Å². The van der Waals surface area contributed by atoms with Gasteiger partial charge in [-0.3, -0.25) is 9.59 Å². The number of amides is 1. The fourth-order valence-electron chi connectivity index (χ4n) is 3.78. The molecule has 3 rings (SSSR count). The number of aliphatic carboxylic acids is 1. The number of benzene rings is 1. The number of ether oxygens (including phenoxy) is 1. The molecule has 150 valence electrons. The molecule has 0 saturated heterocycles. The summed E-state index contributed by atoms with van der Waals surface area (Å²) >= 11 is 0. The van der Waals surface area contributed by atoms with Crippen molar-refractivity contribution in [2.45, 2.75) is 64.5 Å². The Kier molecular flexibility index (Phi) is 6.02. The van der Waals surface area contributed by atoms with Crippen molar-refractivity contribution in [1.29, 1.82) is 0 Å². The Bertz CT molecular complexity index is 815. The van der Waals surface area contributed by atoms with Crippen molar-refractivity contribution in [3.8, 4) is 5.75 Å². The minimum absolute atomic E-state index is 0.0206. The highest BCUT2D eigenvalue weighted by Crippen LogP contribution is 2.32. The molecule has 2 N–H and O–H groups in total.